The first-order valence-electron chi connectivity index (χ1n) is 4.75. The minimum absolute atomic E-state index is 0.193. The van der Waals surface area contributed by atoms with Crippen molar-refractivity contribution in [3.63, 3.8) is 0 Å². The second kappa shape index (κ2) is 4.45. The number of carbonyl (C=O) groups excluding carboxylic acids is 1. The summed E-state index contributed by atoms with van der Waals surface area (Å²) in [5.41, 5.74) is 5.47. The van der Waals surface area contributed by atoms with Crippen LogP contribution in [0.3, 0.4) is 0 Å². The second-order valence-corrected chi connectivity index (χ2v) is 3.59. The standard InChI is InChI=1S/C9H18N2O/c1-2-3-9(12)11-8-4-7(5-8)6-10/h7-8H,2-6,10H2,1H3,(H,11,12). The molecule has 0 aromatic rings. The summed E-state index contributed by atoms with van der Waals surface area (Å²) >= 11 is 0. The van der Waals surface area contributed by atoms with Gasteiger partial charge in [-0.3, -0.25) is 4.79 Å². The van der Waals surface area contributed by atoms with Gasteiger partial charge in [0.2, 0.25) is 5.91 Å². The van der Waals surface area contributed by atoms with Crippen molar-refractivity contribution in [1.29, 1.82) is 0 Å². The van der Waals surface area contributed by atoms with Gasteiger partial charge in [0.05, 0.1) is 0 Å². The van der Waals surface area contributed by atoms with Gasteiger partial charge in [0.25, 0.3) is 0 Å². The maximum atomic E-state index is 11.1. The topological polar surface area (TPSA) is 55.1 Å². The van der Waals surface area contributed by atoms with E-state index in [0.717, 1.165) is 25.8 Å². The van der Waals surface area contributed by atoms with E-state index in [1.165, 1.54) is 0 Å². The van der Waals surface area contributed by atoms with Crippen molar-refractivity contribution in [2.75, 3.05) is 6.54 Å². The predicted octanol–water partition coefficient (Wildman–Crippen LogP) is 0.640. The first-order valence-corrected chi connectivity index (χ1v) is 4.75. The number of carbonyl (C=O) groups is 1. The van der Waals surface area contributed by atoms with Crippen LogP contribution in [0.2, 0.25) is 0 Å². The molecule has 70 valence electrons. The molecule has 0 saturated heterocycles. The largest absolute Gasteiger partial charge is 0.353 e. The number of hydrogen-bond donors (Lipinski definition) is 2. The van der Waals surface area contributed by atoms with Gasteiger partial charge < -0.3 is 11.1 Å². The molecule has 1 rings (SSSR count). The van der Waals surface area contributed by atoms with Crippen LogP contribution in [0.4, 0.5) is 0 Å². The molecule has 12 heavy (non-hydrogen) atoms. The Balaban J connectivity index is 2.06. The van der Waals surface area contributed by atoms with E-state index in [2.05, 4.69) is 5.32 Å². The van der Waals surface area contributed by atoms with Crippen LogP contribution in [-0.2, 0) is 4.79 Å². The molecule has 3 nitrogen and oxygen atoms in total. The van der Waals surface area contributed by atoms with Gasteiger partial charge in [-0.15, -0.1) is 0 Å². The third kappa shape index (κ3) is 2.48. The molecule has 3 heteroatoms. The molecule has 0 atom stereocenters. The van der Waals surface area contributed by atoms with E-state index < -0.39 is 0 Å². The van der Waals surface area contributed by atoms with Crippen molar-refractivity contribution >= 4 is 5.91 Å². The van der Waals surface area contributed by atoms with Crippen molar-refractivity contribution in [3.8, 4) is 0 Å². The number of nitrogens with two attached hydrogens (primary N) is 1. The first kappa shape index (κ1) is 9.52. The molecular formula is C9H18N2O. The molecule has 3 N–H and O–H groups in total. The summed E-state index contributed by atoms with van der Waals surface area (Å²) in [6.07, 6.45) is 3.74. The van der Waals surface area contributed by atoms with E-state index in [0.29, 0.717) is 18.4 Å². The van der Waals surface area contributed by atoms with Crippen LogP contribution in [-0.4, -0.2) is 18.5 Å². The number of amides is 1. The van der Waals surface area contributed by atoms with Gasteiger partial charge >= 0.3 is 0 Å². The van der Waals surface area contributed by atoms with Crippen LogP contribution in [0, 0.1) is 5.92 Å². The highest BCUT2D eigenvalue weighted by Gasteiger charge is 2.28. The highest BCUT2D eigenvalue weighted by atomic mass is 16.1. The average Bonchev–Trinajstić information content (AvgIpc) is 1.96. The van der Waals surface area contributed by atoms with E-state index in [1.807, 2.05) is 6.92 Å². The summed E-state index contributed by atoms with van der Waals surface area (Å²) < 4.78 is 0. The highest BCUT2D eigenvalue weighted by Crippen LogP contribution is 2.25. The molecule has 1 aliphatic carbocycles. The van der Waals surface area contributed by atoms with Gasteiger partial charge in [-0.25, -0.2) is 0 Å². The molecule has 0 unspecified atom stereocenters. The third-order valence-corrected chi connectivity index (χ3v) is 2.41. The lowest BCUT2D eigenvalue weighted by molar-refractivity contribution is -0.122. The lowest BCUT2D eigenvalue weighted by atomic mass is 9.80. The average molecular weight is 170 g/mol. The van der Waals surface area contributed by atoms with Gasteiger partial charge in [-0.2, -0.15) is 0 Å². The van der Waals surface area contributed by atoms with E-state index in [-0.39, 0.29) is 5.91 Å². The van der Waals surface area contributed by atoms with Crippen LogP contribution in [0.15, 0.2) is 0 Å². The molecule has 0 aromatic carbocycles. The molecule has 0 aromatic heterocycles. The van der Waals surface area contributed by atoms with Gasteiger partial charge in [-0.1, -0.05) is 6.92 Å². The lowest BCUT2D eigenvalue weighted by Crippen LogP contribution is -2.46. The summed E-state index contributed by atoms with van der Waals surface area (Å²) in [7, 11) is 0. The van der Waals surface area contributed by atoms with Crippen molar-refractivity contribution in [1.82, 2.24) is 5.32 Å². The molecule has 1 amide bonds. The lowest BCUT2D eigenvalue weighted by Gasteiger charge is -2.34. The van der Waals surface area contributed by atoms with Crippen molar-refractivity contribution in [3.05, 3.63) is 0 Å². The zero-order chi connectivity index (χ0) is 8.97. The van der Waals surface area contributed by atoms with E-state index >= 15 is 0 Å². The maximum absolute atomic E-state index is 11.1. The van der Waals surface area contributed by atoms with Crippen molar-refractivity contribution in [2.45, 2.75) is 38.6 Å². The van der Waals surface area contributed by atoms with Crippen LogP contribution < -0.4 is 11.1 Å². The fraction of sp³-hybridized carbons (Fsp3) is 0.889. The molecular weight excluding hydrogens is 152 g/mol. The van der Waals surface area contributed by atoms with E-state index in [9.17, 15) is 4.79 Å². The van der Waals surface area contributed by atoms with Crippen LogP contribution >= 0.6 is 0 Å². The highest BCUT2D eigenvalue weighted by molar-refractivity contribution is 5.76. The molecule has 1 aliphatic rings. The van der Waals surface area contributed by atoms with Gasteiger partial charge in [0.1, 0.15) is 0 Å². The summed E-state index contributed by atoms with van der Waals surface area (Å²) in [6, 6.07) is 0.414. The van der Waals surface area contributed by atoms with Gasteiger partial charge in [-0.05, 0) is 31.7 Å². The molecule has 0 radical (unpaired) electrons. The normalized spacial score (nSPS) is 27.8. The minimum atomic E-state index is 0.193. The van der Waals surface area contributed by atoms with Gasteiger partial charge in [0, 0.05) is 12.5 Å². The number of hydrogen-bond acceptors (Lipinski definition) is 2. The summed E-state index contributed by atoms with van der Waals surface area (Å²) in [5, 5.41) is 2.99. The Labute approximate surface area is 73.7 Å². The zero-order valence-corrected chi connectivity index (χ0v) is 7.68. The molecule has 0 bridgehead atoms. The number of rotatable bonds is 4. The van der Waals surface area contributed by atoms with Gasteiger partial charge in [0.15, 0.2) is 0 Å². The SMILES string of the molecule is CCCC(=O)NC1CC(CN)C1. The van der Waals surface area contributed by atoms with E-state index in [4.69, 9.17) is 5.73 Å². The Kier molecular flexibility index (Phi) is 3.53. The molecule has 1 fully saturated rings. The Bertz CT molecular complexity index is 153. The zero-order valence-electron chi connectivity index (χ0n) is 7.68. The fourth-order valence-corrected chi connectivity index (χ4v) is 1.57. The Morgan fingerprint density at radius 2 is 2.25 bits per heavy atom. The smallest absolute Gasteiger partial charge is 0.220 e. The summed E-state index contributed by atoms with van der Waals surface area (Å²) in [4.78, 5) is 11.1. The van der Waals surface area contributed by atoms with Crippen molar-refractivity contribution in [2.24, 2.45) is 11.7 Å². The Hall–Kier alpha value is -0.570. The molecule has 0 heterocycles. The first-order chi connectivity index (χ1) is 5.76. The third-order valence-electron chi connectivity index (χ3n) is 2.41. The Morgan fingerprint density at radius 3 is 2.75 bits per heavy atom. The minimum Gasteiger partial charge on any atom is -0.353 e. The number of nitrogens with one attached hydrogen (secondary N) is 1. The quantitative estimate of drug-likeness (QED) is 0.650. The summed E-state index contributed by atoms with van der Waals surface area (Å²) in [6.45, 7) is 2.78. The second-order valence-electron chi connectivity index (χ2n) is 3.59. The van der Waals surface area contributed by atoms with Crippen LogP contribution in [0.5, 0.6) is 0 Å². The predicted molar refractivity (Wildman–Crippen MR) is 48.6 cm³/mol. The summed E-state index contributed by atoms with van der Waals surface area (Å²) in [5.74, 6) is 0.842. The molecule has 0 aliphatic heterocycles. The van der Waals surface area contributed by atoms with Crippen LogP contribution in [0.25, 0.3) is 0 Å². The monoisotopic (exact) mass is 170 g/mol. The molecule has 1 saturated carbocycles. The fourth-order valence-electron chi connectivity index (χ4n) is 1.57. The Morgan fingerprint density at radius 1 is 1.58 bits per heavy atom. The van der Waals surface area contributed by atoms with Crippen molar-refractivity contribution < 1.29 is 4.79 Å². The van der Waals surface area contributed by atoms with E-state index in [1.54, 1.807) is 0 Å². The molecule has 0 spiro atoms. The van der Waals surface area contributed by atoms with Crippen LogP contribution in [0.1, 0.15) is 32.6 Å². The maximum Gasteiger partial charge on any atom is 0.220 e.